The van der Waals surface area contributed by atoms with Gasteiger partial charge in [0.25, 0.3) is 5.69 Å². The van der Waals surface area contributed by atoms with Gasteiger partial charge in [0.05, 0.1) is 16.9 Å². The van der Waals surface area contributed by atoms with Gasteiger partial charge in [0.2, 0.25) is 21.8 Å². The average Bonchev–Trinajstić information content (AvgIpc) is 2.88. The molecule has 1 atom stereocenters. The van der Waals surface area contributed by atoms with E-state index in [-0.39, 0.29) is 24.3 Å². The molecule has 12 heteroatoms. The van der Waals surface area contributed by atoms with Crippen molar-refractivity contribution in [1.29, 1.82) is 0 Å². The molecule has 0 aliphatic heterocycles. The number of nitro groups is 1. The normalized spacial score (nSPS) is 12.3. The molecule has 0 unspecified atom stereocenters. The van der Waals surface area contributed by atoms with Crippen molar-refractivity contribution in [2.75, 3.05) is 17.1 Å². The molecule has 10 nitrogen and oxygen atoms in total. The Bertz CT molecular complexity index is 1560. The number of carbonyl (C=O) groups excluding carboxylic acids is 2. The first-order valence-electron chi connectivity index (χ1n) is 13.2. The SMILES string of the molecule is Cc1ccc([N+](=O)[O-])cc1N(CC(=O)N(Cc1cccc(Cl)c1)[C@@H](Cc1ccccc1)C(=O)NC(C)(C)C)S(C)(=O)=O. The van der Waals surface area contributed by atoms with E-state index in [0.29, 0.717) is 16.1 Å². The molecule has 3 aromatic carbocycles. The van der Waals surface area contributed by atoms with E-state index in [1.807, 2.05) is 51.1 Å². The molecular weight excluding hydrogens is 580 g/mol. The first-order chi connectivity index (χ1) is 19.5. The summed E-state index contributed by atoms with van der Waals surface area (Å²) in [7, 11) is -4.08. The summed E-state index contributed by atoms with van der Waals surface area (Å²) in [5, 5.41) is 14.8. The van der Waals surface area contributed by atoms with Crippen molar-refractivity contribution >= 4 is 44.8 Å². The minimum atomic E-state index is -4.08. The second-order valence-corrected chi connectivity index (χ2v) is 13.4. The zero-order chi connectivity index (χ0) is 31.2. The summed E-state index contributed by atoms with van der Waals surface area (Å²) in [6.45, 7) is 6.34. The van der Waals surface area contributed by atoms with Gasteiger partial charge in [-0.05, 0) is 56.5 Å². The van der Waals surface area contributed by atoms with Crippen LogP contribution in [0.3, 0.4) is 0 Å². The maximum atomic E-state index is 14.2. The lowest BCUT2D eigenvalue weighted by atomic mass is 10.0. The van der Waals surface area contributed by atoms with Crippen LogP contribution in [0.25, 0.3) is 0 Å². The average molecular weight is 615 g/mol. The van der Waals surface area contributed by atoms with Gasteiger partial charge in [0.15, 0.2) is 0 Å². The number of nitro benzene ring substituents is 1. The Hall–Kier alpha value is -3.96. The zero-order valence-corrected chi connectivity index (χ0v) is 25.8. The molecule has 0 heterocycles. The predicted molar refractivity (Wildman–Crippen MR) is 164 cm³/mol. The lowest BCUT2D eigenvalue weighted by Crippen LogP contribution is -2.56. The van der Waals surface area contributed by atoms with E-state index in [1.165, 1.54) is 17.0 Å². The van der Waals surface area contributed by atoms with Crippen LogP contribution in [0.5, 0.6) is 0 Å². The summed E-state index contributed by atoms with van der Waals surface area (Å²) in [5.74, 6) is -1.09. The molecule has 224 valence electrons. The smallest absolute Gasteiger partial charge is 0.271 e. The summed E-state index contributed by atoms with van der Waals surface area (Å²) >= 11 is 6.22. The lowest BCUT2D eigenvalue weighted by Gasteiger charge is -2.35. The van der Waals surface area contributed by atoms with Crippen LogP contribution in [0.15, 0.2) is 72.8 Å². The number of carbonyl (C=O) groups is 2. The first-order valence-corrected chi connectivity index (χ1v) is 15.4. The van der Waals surface area contributed by atoms with Crippen LogP contribution in [0.2, 0.25) is 5.02 Å². The maximum absolute atomic E-state index is 14.2. The van der Waals surface area contributed by atoms with Crippen LogP contribution in [0.1, 0.15) is 37.5 Å². The Morgan fingerprint density at radius 2 is 1.64 bits per heavy atom. The maximum Gasteiger partial charge on any atom is 0.271 e. The number of halogens is 1. The van der Waals surface area contributed by atoms with Crippen molar-refractivity contribution < 1.29 is 22.9 Å². The van der Waals surface area contributed by atoms with Crippen molar-refractivity contribution in [3.8, 4) is 0 Å². The van der Waals surface area contributed by atoms with Gasteiger partial charge in [0, 0.05) is 35.7 Å². The number of benzene rings is 3. The summed E-state index contributed by atoms with van der Waals surface area (Å²) in [6.07, 6.45) is 1.08. The van der Waals surface area contributed by atoms with Gasteiger partial charge in [-0.2, -0.15) is 0 Å². The molecule has 0 saturated carbocycles. The second-order valence-electron chi connectivity index (χ2n) is 11.1. The third-order valence-corrected chi connectivity index (χ3v) is 7.72. The van der Waals surface area contributed by atoms with Crippen LogP contribution in [-0.4, -0.2) is 54.4 Å². The molecule has 42 heavy (non-hydrogen) atoms. The molecule has 0 aromatic heterocycles. The number of non-ortho nitro benzene ring substituents is 1. The van der Waals surface area contributed by atoms with Crippen molar-refractivity contribution in [3.05, 3.63) is 105 Å². The van der Waals surface area contributed by atoms with Gasteiger partial charge in [0.1, 0.15) is 12.6 Å². The van der Waals surface area contributed by atoms with Gasteiger partial charge in [-0.15, -0.1) is 0 Å². The van der Waals surface area contributed by atoms with Crippen LogP contribution in [-0.2, 0) is 32.6 Å². The molecule has 0 radical (unpaired) electrons. The Balaban J connectivity index is 2.13. The summed E-state index contributed by atoms with van der Waals surface area (Å²) in [5.41, 5.74) is 0.919. The van der Waals surface area contributed by atoms with Crippen molar-refractivity contribution in [1.82, 2.24) is 10.2 Å². The number of rotatable bonds is 11. The Kier molecular flexibility index (Phi) is 10.3. The fourth-order valence-corrected chi connectivity index (χ4v) is 5.53. The van der Waals surface area contributed by atoms with E-state index in [4.69, 9.17) is 11.6 Å². The first kappa shape index (κ1) is 32.6. The van der Waals surface area contributed by atoms with Crippen LogP contribution < -0.4 is 9.62 Å². The number of hydrogen-bond acceptors (Lipinski definition) is 6. The fourth-order valence-electron chi connectivity index (χ4n) is 4.41. The second kappa shape index (κ2) is 13.3. The molecule has 3 rings (SSSR count). The van der Waals surface area contributed by atoms with Gasteiger partial charge in [-0.1, -0.05) is 60.1 Å². The van der Waals surface area contributed by atoms with E-state index in [9.17, 15) is 28.1 Å². The highest BCUT2D eigenvalue weighted by molar-refractivity contribution is 7.92. The van der Waals surface area contributed by atoms with Gasteiger partial charge in [-0.3, -0.25) is 24.0 Å². The number of nitrogens with zero attached hydrogens (tertiary/aromatic N) is 3. The zero-order valence-electron chi connectivity index (χ0n) is 24.2. The van der Waals surface area contributed by atoms with Crippen LogP contribution in [0, 0.1) is 17.0 Å². The third-order valence-electron chi connectivity index (χ3n) is 6.36. The highest BCUT2D eigenvalue weighted by Crippen LogP contribution is 2.28. The summed E-state index contributed by atoms with van der Waals surface area (Å²) < 4.78 is 26.8. The molecule has 1 N–H and O–H groups in total. The topological polar surface area (TPSA) is 130 Å². The van der Waals surface area contributed by atoms with Crippen molar-refractivity contribution in [3.63, 3.8) is 0 Å². The Morgan fingerprint density at radius 1 is 1.00 bits per heavy atom. The Morgan fingerprint density at radius 3 is 2.21 bits per heavy atom. The summed E-state index contributed by atoms with van der Waals surface area (Å²) in [4.78, 5) is 40.1. The molecule has 0 saturated heterocycles. The number of hydrogen-bond donors (Lipinski definition) is 1. The van der Waals surface area contributed by atoms with Crippen LogP contribution >= 0.6 is 11.6 Å². The number of amides is 2. The quantitative estimate of drug-likeness (QED) is 0.242. The molecule has 3 aromatic rings. The highest BCUT2D eigenvalue weighted by Gasteiger charge is 2.35. The Labute approximate surface area is 251 Å². The standard InChI is InChI=1S/C30H35ClN4O6S/c1-21-14-15-25(35(38)39)18-26(21)34(42(5,40)41)20-28(36)33(19-23-12-9-13-24(31)16-23)27(29(37)32-30(2,3)4)17-22-10-7-6-8-11-22/h6-16,18,27H,17,19-20H2,1-5H3,(H,32,37)/t27-/m0/s1. The van der Waals surface area contributed by atoms with E-state index < -0.39 is 44.9 Å². The molecule has 0 aliphatic carbocycles. The minimum absolute atomic E-state index is 0.00140. The van der Waals surface area contributed by atoms with Crippen LogP contribution in [0.4, 0.5) is 11.4 Å². The number of aryl methyl sites for hydroxylation is 1. The van der Waals surface area contributed by atoms with Crippen molar-refractivity contribution in [2.45, 2.75) is 52.2 Å². The van der Waals surface area contributed by atoms with E-state index in [1.54, 1.807) is 31.2 Å². The molecule has 0 fully saturated rings. The van der Waals surface area contributed by atoms with E-state index >= 15 is 0 Å². The predicted octanol–water partition coefficient (Wildman–Crippen LogP) is 4.88. The van der Waals surface area contributed by atoms with E-state index in [2.05, 4.69) is 5.32 Å². The van der Waals surface area contributed by atoms with E-state index in [0.717, 1.165) is 22.2 Å². The molecule has 0 aliphatic rings. The molecular formula is C30H35ClN4O6S. The monoisotopic (exact) mass is 614 g/mol. The molecule has 0 bridgehead atoms. The minimum Gasteiger partial charge on any atom is -0.350 e. The van der Waals surface area contributed by atoms with Gasteiger partial charge >= 0.3 is 0 Å². The fraction of sp³-hybridized carbons (Fsp3) is 0.333. The summed E-state index contributed by atoms with van der Waals surface area (Å²) in [6, 6.07) is 18.8. The largest absolute Gasteiger partial charge is 0.350 e. The van der Waals surface area contributed by atoms with Gasteiger partial charge in [-0.25, -0.2) is 8.42 Å². The third kappa shape index (κ3) is 9.02. The number of nitrogens with one attached hydrogen (secondary N) is 1. The lowest BCUT2D eigenvalue weighted by molar-refractivity contribution is -0.384. The highest BCUT2D eigenvalue weighted by atomic mass is 35.5. The van der Waals surface area contributed by atoms with Gasteiger partial charge < -0.3 is 10.2 Å². The number of sulfonamides is 1. The number of anilines is 1. The molecule has 0 spiro atoms. The van der Waals surface area contributed by atoms with Crippen molar-refractivity contribution in [2.24, 2.45) is 0 Å². The molecule has 2 amide bonds.